The minimum absolute atomic E-state index is 0.0626. The van der Waals surface area contributed by atoms with E-state index < -0.39 is 6.61 Å². The molecule has 130 valence electrons. The fourth-order valence-corrected chi connectivity index (χ4v) is 3.53. The Morgan fingerprint density at radius 3 is 3.00 bits per heavy atom. The number of alkyl halides is 2. The summed E-state index contributed by atoms with van der Waals surface area (Å²) in [6.07, 6.45) is 0. The van der Waals surface area contributed by atoms with E-state index in [-0.39, 0.29) is 28.6 Å². The summed E-state index contributed by atoms with van der Waals surface area (Å²) >= 11 is 1.15. The van der Waals surface area contributed by atoms with Crippen LogP contribution < -0.4 is 10.1 Å². The molecule has 1 aliphatic heterocycles. The van der Waals surface area contributed by atoms with Crippen LogP contribution in [0.25, 0.3) is 0 Å². The van der Waals surface area contributed by atoms with Crippen molar-refractivity contribution < 1.29 is 23.0 Å². The maximum atomic E-state index is 12.4. The van der Waals surface area contributed by atoms with E-state index in [4.69, 9.17) is 4.74 Å². The van der Waals surface area contributed by atoms with Gasteiger partial charge >= 0.3 is 6.61 Å². The summed E-state index contributed by atoms with van der Waals surface area (Å²) in [4.78, 5) is 15.5. The lowest BCUT2D eigenvalue weighted by Gasteiger charge is -2.37. The van der Waals surface area contributed by atoms with Crippen LogP contribution in [0.2, 0.25) is 0 Å². The Hall–Kier alpha value is -1.25. The van der Waals surface area contributed by atoms with Gasteiger partial charge in [-0.1, -0.05) is 0 Å². The zero-order valence-corrected chi connectivity index (χ0v) is 14.3. The number of nitrogens with one attached hydrogen (secondary N) is 1. The number of hydrogen-bond acceptors (Lipinski definition) is 5. The van der Waals surface area contributed by atoms with E-state index in [0.717, 1.165) is 22.8 Å². The number of thiophene rings is 1. The van der Waals surface area contributed by atoms with Crippen LogP contribution in [0.15, 0.2) is 6.07 Å². The van der Waals surface area contributed by atoms with Crippen molar-refractivity contribution >= 4 is 17.2 Å². The molecule has 1 fully saturated rings. The highest BCUT2D eigenvalue weighted by molar-refractivity contribution is 7.14. The summed E-state index contributed by atoms with van der Waals surface area (Å²) < 4.78 is 34.6. The van der Waals surface area contributed by atoms with Crippen LogP contribution in [-0.4, -0.2) is 55.8 Å². The van der Waals surface area contributed by atoms with Gasteiger partial charge in [0.25, 0.3) is 5.91 Å². The third-order valence-corrected chi connectivity index (χ3v) is 4.82. The average Bonchev–Trinajstić information content (AvgIpc) is 2.84. The SMILES string of the molecule is Cc1cc(OC(F)F)c(C(=O)NCC(C)N2CCOCC2C)s1. The standard InChI is InChI=1S/C15H22F2N2O3S/c1-9(19-4-5-21-8-10(19)2)7-18-14(20)13-12(22-15(16)17)6-11(3)23-13/h6,9-10,15H,4-5,7-8H2,1-3H3,(H,18,20). The fourth-order valence-electron chi connectivity index (χ4n) is 2.67. The second-order valence-electron chi connectivity index (χ2n) is 5.65. The summed E-state index contributed by atoms with van der Waals surface area (Å²) in [6.45, 7) is 5.52. The van der Waals surface area contributed by atoms with E-state index in [1.54, 1.807) is 6.92 Å². The van der Waals surface area contributed by atoms with Crippen LogP contribution >= 0.6 is 11.3 Å². The molecule has 2 atom stereocenters. The predicted octanol–water partition coefficient (Wildman–Crippen LogP) is 2.50. The largest absolute Gasteiger partial charge is 0.433 e. The molecule has 8 heteroatoms. The van der Waals surface area contributed by atoms with Crippen LogP contribution in [0.4, 0.5) is 8.78 Å². The Balaban J connectivity index is 1.94. The van der Waals surface area contributed by atoms with Crippen molar-refractivity contribution in [2.24, 2.45) is 0 Å². The molecule has 1 amide bonds. The summed E-state index contributed by atoms with van der Waals surface area (Å²) in [5.74, 6) is -0.445. The number of carbonyl (C=O) groups excluding carboxylic acids is 1. The van der Waals surface area contributed by atoms with Crippen LogP contribution in [0.5, 0.6) is 5.75 Å². The third kappa shape index (κ3) is 4.86. The van der Waals surface area contributed by atoms with Crippen molar-refractivity contribution in [3.05, 3.63) is 15.8 Å². The molecule has 1 N–H and O–H groups in total. The van der Waals surface area contributed by atoms with Crippen LogP contribution in [-0.2, 0) is 4.74 Å². The predicted molar refractivity (Wildman–Crippen MR) is 84.5 cm³/mol. The molecular weight excluding hydrogens is 326 g/mol. The molecule has 2 unspecified atom stereocenters. The van der Waals surface area contributed by atoms with Crippen LogP contribution in [0.1, 0.15) is 28.4 Å². The van der Waals surface area contributed by atoms with Gasteiger partial charge in [0.2, 0.25) is 0 Å². The number of aryl methyl sites for hydroxylation is 1. The molecule has 1 aromatic heterocycles. The molecule has 0 aliphatic carbocycles. The molecule has 23 heavy (non-hydrogen) atoms. The number of rotatable bonds is 6. The lowest BCUT2D eigenvalue weighted by Crippen LogP contribution is -2.51. The normalized spacial score (nSPS) is 20.5. The quantitative estimate of drug-likeness (QED) is 0.858. The van der Waals surface area contributed by atoms with Gasteiger partial charge in [-0.05, 0) is 26.8 Å². The highest BCUT2D eigenvalue weighted by Gasteiger charge is 2.25. The van der Waals surface area contributed by atoms with Gasteiger partial charge in [0.05, 0.1) is 13.2 Å². The van der Waals surface area contributed by atoms with E-state index in [9.17, 15) is 13.6 Å². The lowest BCUT2D eigenvalue weighted by atomic mass is 10.2. The Kier molecular flexibility index (Phi) is 6.32. The summed E-state index contributed by atoms with van der Waals surface area (Å²) in [5, 5.41) is 2.81. The molecular formula is C15H22F2N2O3S. The van der Waals surface area contributed by atoms with Crippen molar-refractivity contribution in [1.29, 1.82) is 0 Å². The molecule has 0 bridgehead atoms. The lowest BCUT2D eigenvalue weighted by molar-refractivity contribution is -0.0498. The maximum Gasteiger partial charge on any atom is 0.387 e. The number of morpholine rings is 1. The molecule has 1 aliphatic rings. The second kappa shape index (κ2) is 8.03. The highest BCUT2D eigenvalue weighted by atomic mass is 32.1. The molecule has 0 saturated carbocycles. The number of carbonyl (C=O) groups is 1. The number of halogens is 2. The van der Waals surface area contributed by atoms with Gasteiger partial charge < -0.3 is 14.8 Å². The van der Waals surface area contributed by atoms with E-state index in [1.165, 1.54) is 6.07 Å². The number of hydrogen-bond donors (Lipinski definition) is 1. The summed E-state index contributed by atoms with van der Waals surface area (Å²) in [6, 6.07) is 1.88. The number of ether oxygens (including phenoxy) is 2. The molecule has 2 rings (SSSR count). The zero-order valence-electron chi connectivity index (χ0n) is 13.5. The van der Waals surface area contributed by atoms with Gasteiger partial charge in [-0.2, -0.15) is 8.78 Å². The molecule has 0 spiro atoms. The van der Waals surface area contributed by atoms with Gasteiger partial charge in [0.1, 0.15) is 10.6 Å². The average molecular weight is 348 g/mol. The van der Waals surface area contributed by atoms with E-state index >= 15 is 0 Å². The summed E-state index contributed by atoms with van der Waals surface area (Å²) in [5.41, 5.74) is 0. The van der Waals surface area contributed by atoms with Gasteiger partial charge in [-0.15, -0.1) is 11.3 Å². The van der Waals surface area contributed by atoms with Crippen molar-refractivity contribution in [1.82, 2.24) is 10.2 Å². The van der Waals surface area contributed by atoms with Crippen molar-refractivity contribution in [2.75, 3.05) is 26.3 Å². The van der Waals surface area contributed by atoms with E-state index in [0.29, 0.717) is 19.8 Å². The first-order valence-electron chi connectivity index (χ1n) is 7.55. The Morgan fingerprint density at radius 1 is 1.61 bits per heavy atom. The molecule has 1 aromatic rings. The first-order valence-corrected chi connectivity index (χ1v) is 8.37. The maximum absolute atomic E-state index is 12.4. The van der Waals surface area contributed by atoms with E-state index in [2.05, 4.69) is 21.9 Å². The molecule has 5 nitrogen and oxygen atoms in total. The number of amides is 1. The van der Waals surface area contributed by atoms with Gasteiger partial charge in [0.15, 0.2) is 0 Å². The Morgan fingerprint density at radius 2 is 2.35 bits per heavy atom. The van der Waals surface area contributed by atoms with E-state index in [1.807, 2.05) is 6.92 Å². The number of nitrogens with zero attached hydrogens (tertiary/aromatic N) is 1. The molecule has 0 aromatic carbocycles. The Labute approximate surface area is 138 Å². The smallest absolute Gasteiger partial charge is 0.387 e. The second-order valence-corrected chi connectivity index (χ2v) is 6.91. The Bertz CT molecular complexity index is 539. The van der Waals surface area contributed by atoms with Crippen molar-refractivity contribution in [3.63, 3.8) is 0 Å². The zero-order chi connectivity index (χ0) is 17.0. The first kappa shape index (κ1) is 18.1. The minimum atomic E-state index is -2.94. The highest BCUT2D eigenvalue weighted by Crippen LogP contribution is 2.30. The van der Waals surface area contributed by atoms with Gasteiger partial charge in [-0.25, -0.2) is 0 Å². The first-order chi connectivity index (χ1) is 10.9. The van der Waals surface area contributed by atoms with Gasteiger partial charge in [0, 0.05) is 30.1 Å². The monoisotopic (exact) mass is 348 g/mol. The van der Waals surface area contributed by atoms with Crippen molar-refractivity contribution in [2.45, 2.75) is 39.5 Å². The molecule has 1 saturated heterocycles. The van der Waals surface area contributed by atoms with Gasteiger partial charge in [-0.3, -0.25) is 9.69 Å². The summed E-state index contributed by atoms with van der Waals surface area (Å²) in [7, 11) is 0. The van der Waals surface area contributed by atoms with Crippen molar-refractivity contribution in [3.8, 4) is 5.75 Å². The van der Waals surface area contributed by atoms with Crippen LogP contribution in [0, 0.1) is 6.92 Å². The minimum Gasteiger partial charge on any atom is -0.433 e. The fraction of sp³-hybridized carbons (Fsp3) is 0.667. The molecule has 0 radical (unpaired) electrons. The molecule has 2 heterocycles. The van der Waals surface area contributed by atoms with Crippen LogP contribution in [0.3, 0.4) is 0 Å². The topological polar surface area (TPSA) is 50.8 Å². The third-order valence-electron chi connectivity index (χ3n) is 3.79.